The van der Waals surface area contributed by atoms with Crippen molar-refractivity contribution < 1.29 is 28.2 Å². The second-order valence-electron chi connectivity index (χ2n) is 5.95. The van der Waals surface area contributed by atoms with Crippen LogP contribution in [0.15, 0.2) is 47.1 Å². The Morgan fingerprint density at radius 2 is 1.96 bits per heavy atom. The van der Waals surface area contributed by atoms with Gasteiger partial charge in [0.15, 0.2) is 29.5 Å². The van der Waals surface area contributed by atoms with E-state index in [4.69, 9.17) is 23.4 Å². The van der Waals surface area contributed by atoms with Gasteiger partial charge < -0.3 is 23.4 Å². The molecule has 0 fully saturated rings. The van der Waals surface area contributed by atoms with Crippen LogP contribution in [0.2, 0.25) is 0 Å². The minimum absolute atomic E-state index is 0.116. The molecule has 3 aromatic rings. The molecule has 0 spiro atoms. The van der Waals surface area contributed by atoms with Gasteiger partial charge in [-0.3, -0.25) is 4.79 Å². The molecular weight excluding hydrogens is 324 g/mol. The Labute approximate surface area is 142 Å². The van der Waals surface area contributed by atoms with Crippen molar-refractivity contribution >= 4 is 16.8 Å². The van der Waals surface area contributed by atoms with Gasteiger partial charge in [-0.1, -0.05) is 6.07 Å². The number of Topliss-reactive ketones (excluding diaryl/α,β-unsaturated/α-hetero) is 1. The normalized spacial score (nSPS) is 21.2. The van der Waals surface area contributed by atoms with Crippen molar-refractivity contribution in [2.75, 3.05) is 13.9 Å². The molecule has 25 heavy (non-hydrogen) atoms. The zero-order valence-electron chi connectivity index (χ0n) is 13.4. The molecule has 0 N–H and O–H groups in total. The Bertz CT molecular complexity index is 989. The number of carbonyl (C=O) groups excluding carboxylic acids is 1. The second-order valence-corrected chi connectivity index (χ2v) is 5.95. The minimum atomic E-state index is -0.739. The van der Waals surface area contributed by atoms with Crippen molar-refractivity contribution in [3.05, 3.63) is 53.8 Å². The molecule has 0 unspecified atom stereocenters. The fraction of sp³-hybridized carbons (Fsp3) is 0.211. The maximum absolute atomic E-state index is 12.9. The molecule has 3 heterocycles. The number of ether oxygens (including phenoxy) is 4. The molecule has 0 saturated carbocycles. The van der Waals surface area contributed by atoms with E-state index in [1.807, 2.05) is 18.2 Å². The third kappa shape index (κ3) is 2.04. The number of ketones is 1. The van der Waals surface area contributed by atoms with Gasteiger partial charge in [0.25, 0.3) is 0 Å². The maximum Gasteiger partial charge on any atom is 0.231 e. The second kappa shape index (κ2) is 5.26. The quantitative estimate of drug-likeness (QED) is 0.712. The van der Waals surface area contributed by atoms with Gasteiger partial charge in [-0.05, 0) is 35.9 Å². The zero-order valence-corrected chi connectivity index (χ0v) is 13.4. The van der Waals surface area contributed by atoms with E-state index < -0.39 is 12.2 Å². The fourth-order valence-corrected chi connectivity index (χ4v) is 3.38. The predicted molar refractivity (Wildman–Crippen MR) is 87.3 cm³/mol. The molecule has 0 radical (unpaired) electrons. The molecule has 0 amide bonds. The molecule has 2 atom stereocenters. The molecule has 6 heteroatoms. The highest BCUT2D eigenvalue weighted by molar-refractivity contribution is 6.07. The zero-order chi connectivity index (χ0) is 17.0. The molecule has 5 rings (SSSR count). The van der Waals surface area contributed by atoms with Crippen molar-refractivity contribution in [3.8, 4) is 17.2 Å². The van der Waals surface area contributed by atoms with Crippen LogP contribution in [0.4, 0.5) is 0 Å². The summed E-state index contributed by atoms with van der Waals surface area (Å²) in [6, 6.07) is 10.8. The molecule has 0 saturated heterocycles. The first-order chi connectivity index (χ1) is 12.3. The standard InChI is InChI=1S/C19H14O6/c1-21-19-16(20)12-3-5-13-11(6-7-22-13)18(12)25-17(19)10-2-4-14-15(8-10)24-9-23-14/h2-8,17,19H,9H2,1H3/t17-,19-/m1/s1. The smallest absolute Gasteiger partial charge is 0.231 e. The third-order valence-corrected chi connectivity index (χ3v) is 4.61. The van der Waals surface area contributed by atoms with Crippen LogP contribution < -0.4 is 14.2 Å². The largest absolute Gasteiger partial charge is 0.481 e. The molecular formula is C19H14O6. The summed E-state index contributed by atoms with van der Waals surface area (Å²) in [5.74, 6) is 1.72. The van der Waals surface area contributed by atoms with Gasteiger partial charge in [0, 0.05) is 7.11 Å². The van der Waals surface area contributed by atoms with E-state index in [1.165, 1.54) is 7.11 Å². The summed E-state index contributed by atoms with van der Waals surface area (Å²) in [4.78, 5) is 12.9. The summed E-state index contributed by atoms with van der Waals surface area (Å²) in [5.41, 5.74) is 1.96. The van der Waals surface area contributed by atoms with Crippen LogP contribution in [-0.4, -0.2) is 25.8 Å². The van der Waals surface area contributed by atoms with E-state index in [0.717, 1.165) is 10.9 Å². The van der Waals surface area contributed by atoms with Crippen molar-refractivity contribution in [3.63, 3.8) is 0 Å². The molecule has 0 bridgehead atoms. The highest BCUT2D eigenvalue weighted by Crippen LogP contribution is 2.43. The van der Waals surface area contributed by atoms with E-state index in [2.05, 4.69) is 0 Å². The average molecular weight is 338 g/mol. The molecule has 2 aliphatic heterocycles. The summed E-state index contributed by atoms with van der Waals surface area (Å²) in [7, 11) is 1.51. The summed E-state index contributed by atoms with van der Waals surface area (Å²) in [5, 5.41) is 0.770. The lowest BCUT2D eigenvalue weighted by molar-refractivity contribution is 0.0000109. The number of carbonyl (C=O) groups is 1. The van der Waals surface area contributed by atoms with Crippen molar-refractivity contribution in [1.29, 1.82) is 0 Å². The number of fused-ring (bicyclic) bond motifs is 4. The molecule has 2 aromatic carbocycles. The first-order valence-corrected chi connectivity index (χ1v) is 7.89. The SMILES string of the molecule is CO[C@@H]1C(=O)c2ccc3occc3c2O[C@@H]1c1ccc2c(c1)OCO2. The Balaban J connectivity index is 1.65. The summed E-state index contributed by atoms with van der Waals surface area (Å²) >= 11 is 0. The topological polar surface area (TPSA) is 67.1 Å². The lowest BCUT2D eigenvalue weighted by Gasteiger charge is -2.32. The van der Waals surface area contributed by atoms with Crippen LogP contribution in [0.3, 0.4) is 0 Å². The Morgan fingerprint density at radius 1 is 1.08 bits per heavy atom. The van der Waals surface area contributed by atoms with Crippen LogP contribution in [0.5, 0.6) is 17.2 Å². The average Bonchev–Trinajstić information content (AvgIpc) is 3.29. The fourth-order valence-electron chi connectivity index (χ4n) is 3.38. The van der Waals surface area contributed by atoms with Gasteiger partial charge >= 0.3 is 0 Å². The van der Waals surface area contributed by atoms with Gasteiger partial charge in [0.2, 0.25) is 6.79 Å². The van der Waals surface area contributed by atoms with Gasteiger partial charge in [0.05, 0.1) is 17.2 Å². The lowest BCUT2D eigenvalue weighted by Crippen LogP contribution is -2.37. The number of furan rings is 1. The number of hydrogen-bond acceptors (Lipinski definition) is 6. The highest BCUT2D eigenvalue weighted by atomic mass is 16.7. The summed E-state index contributed by atoms with van der Waals surface area (Å²) in [6.07, 6.45) is 0.258. The Morgan fingerprint density at radius 3 is 2.84 bits per heavy atom. The van der Waals surface area contributed by atoms with E-state index in [1.54, 1.807) is 24.5 Å². The van der Waals surface area contributed by atoms with E-state index in [9.17, 15) is 4.79 Å². The van der Waals surface area contributed by atoms with Crippen molar-refractivity contribution in [1.82, 2.24) is 0 Å². The van der Waals surface area contributed by atoms with Crippen LogP contribution in [-0.2, 0) is 4.74 Å². The molecule has 0 aliphatic carbocycles. The van der Waals surface area contributed by atoms with Gasteiger partial charge in [-0.15, -0.1) is 0 Å². The number of benzene rings is 2. The van der Waals surface area contributed by atoms with Crippen LogP contribution >= 0.6 is 0 Å². The summed E-state index contributed by atoms with van der Waals surface area (Å²) < 4.78 is 27.9. The Hall–Kier alpha value is -2.99. The number of hydrogen-bond donors (Lipinski definition) is 0. The molecule has 6 nitrogen and oxygen atoms in total. The third-order valence-electron chi connectivity index (χ3n) is 4.61. The lowest BCUT2D eigenvalue weighted by atomic mass is 9.92. The maximum atomic E-state index is 12.9. The predicted octanol–water partition coefficient (Wildman–Crippen LogP) is 3.49. The van der Waals surface area contributed by atoms with Gasteiger partial charge in [0.1, 0.15) is 11.3 Å². The summed E-state index contributed by atoms with van der Waals surface area (Å²) in [6.45, 7) is 0.190. The highest BCUT2D eigenvalue weighted by Gasteiger charge is 2.40. The van der Waals surface area contributed by atoms with Gasteiger partial charge in [-0.25, -0.2) is 0 Å². The van der Waals surface area contributed by atoms with Gasteiger partial charge in [-0.2, -0.15) is 0 Å². The number of rotatable bonds is 2. The molecule has 126 valence electrons. The van der Waals surface area contributed by atoms with Crippen LogP contribution in [0.1, 0.15) is 22.0 Å². The molecule has 2 aliphatic rings. The van der Waals surface area contributed by atoms with E-state index in [-0.39, 0.29) is 12.6 Å². The Kier molecular flexibility index (Phi) is 3.02. The number of methoxy groups -OCH3 is 1. The first-order valence-electron chi connectivity index (χ1n) is 7.89. The van der Waals surface area contributed by atoms with E-state index in [0.29, 0.717) is 28.4 Å². The molecule has 1 aromatic heterocycles. The van der Waals surface area contributed by atoms with Crippen molar-refractivity contribution in [2.24, 2.45) is 0 Å². The van der Waals surface area contributed by atoms with Crippen LogP contribution in [0.25, 0.3) is 11.0 Å². The van der Waals surface area contributed by atoms with E-state index >= 15 is 0 Å². The van der Waals surface area contributed by atoms with Crippen molar-refractivity contribution in [2.45, 2.75) is 12.2 Å². The minimum Gasteiger partial charge on any atom is -0.481 e. The first kappa shape index (κ1) is 14.4. The monoisotopic (exact) mass is 338 g/mol. The van der Waals surface area contributed by atoms with Crippen LogP contribution in [0, 0.1) is 0 Å².